The summed E-state index contributed by atoms with van der Waals surface area (Å²) in [6, 6.07) is 4.85. The molecule has 1 aliphatic rings. The molecule has 0 atom stereocenters. The molecule has 0 saturated carbocycles. The van der Waals surface area contributed by atoms with E-state index in [1.807, 2.05) is 0 Å². The first-order valence-electron chi connectivity index (χ1n) is 3.26. The molecule has 1 aromatic carbocycles. The van der Waals surface area contributed by atoms with Crippen molar-refractivity contribution in [3.63, 3.8) is 0 Å². The van der Waals surface area contributed by atoms with Crippen LogP contribution in [-0.2, 0) is 0 Å². The Bertz CT molecular complexity index is 320. The van der Waals surface area contributed by atoms with Crippen LogP contribution in [0.2, 0.25) is 0 Å². The van der Waals surface area contributed by atoms with Crippen LogP contribution in [0.4, 0.5) is 0 Å². The molecule has 1 aromatic rings. The van der Waals surface area contributed by atoms with E-state index in [9.17, 15) is 4.79 Å². The molecule has 2 nitrogen and oxygen atoms in total. The molecule has 0 spiro atoms. The number of carbonyl (C=O) groups is 1. The van der Waals surface area contributed by atoms with Crippen LogP contribution in [0.1, 0.15) is 10.4 Å². The van der Waals surface area contributed by atoms with Gasteiger partial charge in [0, 0.05) is 10.5 Å². The van der Waals surface area contributed by atoms with Gasteiger partial charge < -0.3 is 5.11 Å². The third kappa shape index (κ3) is 1.01. The van der Waals surface area contributed by atoms with Gasteiger partial charge in [-0.2, -0.15) is 0 Å². The monoisotopic (exact) mass is 166 g/mol. The zero-order valence-corrected chi connectivity index (χ0v) is 6.52. The Balaban J connectivity index is 2.59. The number of carbonyl (C=O) groups excluding carboxylic acids is 1. The average molecular weight is 166 g/mol. The van der Waals surface area contributed by atoms with E-state index in [4.69, 9.17) is 5.11 Å². The maximum Gasteiger partial charge on any atom is 0.174 e. The van der Waals surface area contributed by atoms with Crippen LogP contribution in [0, 0.1) is 0 Å². The number of phenols is 1. The summed E-state index contributed by atoms with van der Waals surface area (Å²) in [6.07, 6.45) is 0. The van der Waals surface area contributed by atoms with Crippen LogP contribution in [0.25, 0.3) is 0 Å². The summed E-state index contributed by atoms with van der Waals surface area (Å²) in [7, 11) is 0. The van der Waals surface area contributed by atoms with Gasteiger partial charge in [-0.3, -0.25) is 4.79 Å². The summed E-state index contributed by atoms with van der Waals surface area (Å²) in [5.74, 6) is 0.898. The molecule has 11 heavy (non-hydrogen) atoms. The molecule has 0 radical (unpaired) electrons. The van der Waals surface area contributed by atoms with Crippen LogP contribution in [0.15, 0.2) is 23.1 Å². The molecule has 3 heteroatoms. The van der Waals surface area contributed by atoms with Gasteiger partial charge in [0.2, 0.25) is 0 Å². The second kappa shape index (κ2) is 2.27. The summed E-state index contributed by atoms with van der Waals surface area (Å²) in [5, 5.41) is 9.06. The quantitative estimate of drug-likeness (QED) is 0.637. The minimum atomic E-state index is 0.157. The number of benzene rings is 1. The lowest BCUT2D eigenvalue weighted by Gasteiger charge is -1.95. The molecule has 2 rings (SSSR count). The summed E-state index contributed by atoms with van der Waals surface area (Å²) in [4.78, 5) is 12.0. The van der Waals surface area contributed by atoms with Gasteiger partial charge >= 0.3 is 0 Å². The molecule has 0 fully saturated rings. The minimum absolute atomic E-state index is 0.157. The first kappa shape index (κ1) is 6.73. The van der Waals surface area contributed by atoms with Crippen LogP contribution in [0.3, 0.4) is 0 Å². The summed E-state index contributed by atoms with van der Waals surface area (Å²) in [5.41, 5.74) is 0.743. The van der Waals surface area contributed by atoms with Crippen molar-refractivity contribution in [2.75, 3.05) is 5.75 Å². The number of hydrogen-bond acceptors (Lipinski definition) is 3. The molecule has 0 unspecified atom stereocenters. The lowest BCUT2D eigenvalue weighted by Crippen LogP contribution is -1.93. The van der Waals surface area contributed by atoms with Crippen molar-refractivity contribution < 1.29 is 9.90 Å². The average Bonchev–Trinajstić information content (AvgIpc) is 2.32. The number of hydrogen-bond donors (Lipinski definition) is 1. The molecular formula is C8H6O2S. The Labute approximate surface area is 68.2 Å². The van der Waals surface area contributed by atoms with Gasteiger partial charge in [-0.05, 0) is 18.2 Å². The van der Waals surface area contributed by atoms with Crippen molar-refractivity contribution in [1.29, 1.82) is 0 Å². The Morgan fingerprint density at radius 2 is 2.27 bits per heavy atom. The molecular weight excluding hydrogens is 160 g/mol. The third-order valence-corrected chi connectivity index (χ3v) is 2.68. The fraction of sp³-hybridized carbons (Fsp3) is 0.125. The first-order valence-corrected chi connectivity index (χ1v) is 4.25. The predicted molar refractivity (Wildman–Crippen MR) is 43.2 cm³/mol. The van der Waals surface area contributed by atoms with Gasteiger partial charge in [-0.25, -0.2) is 0 Å². The number of fused-ring (bicyclic) bond motifs is 1. The van der Waals surface area contributed by atoms with E-state index in [0.717, 1.165) is 10.5 Å². The number of phenolic OH excluding ortho intramolecular Hbond substituents is 1. The molecule has 1 aliphatic heterocycles. The zero-order valence-electron chi connectivity index (χ0n) is 5.70. The lowest BCUT2D eigenvalue weighted by molar-refractivity contribution is 0.102. The molecule has 56 valence electrons. The fourth-order valence-corrected chi connectivity index (χ4v) is 2.07. The maximum absolute atomic E-state index is 11.1. The van der Waals surface area contributed by atoms with Crippen LogP contribution in [0.5, 0.6) is 5.75 Å². The highest BCUT2D eigenvalue weighted by Crippen LogP contribution is 2.33. The van der Waals surface area contributed by atoms with Crippen molar-refractivity contribution in [2.24, 2.45) is 0 Å². The van der Waals surface area contributed by atoms with E-state index in [1.54, 1.807) is 18.2 Å². The number of Topliss-reactive ketones (excluding diaryl/α,β-unsaturated/α-hetero) is 1. The Kier molecular flexibility index (Phi) is 1.39. The highest BCUT2D eigenvalue weighted by atomic mass is 32.2. The van der Waals surface area contributed by atoms with Crippen molar-refractivity contribution in [3.8, 4) is 5.75 Å². The topological polar surface area (TPSA) is 37.3 Å². The van der Waals surface area contributed by atoms with E-state index in [-0.39, 0.29) is 11.5 Å². The van der Waals surface area contributed by atoms with Crippen molar-refractivity contribution in [1.82, 2.24) is 0 Å². The molecule has 0 amide bonds. The molecule has 1 heterocycles. The predicted octanol–water partition coefficient (Wildman–Crippen LogP) is 1.68. The Hall–Kier alpha value is -0.960. The highest BCUT2D eigenvalue weighted by Gasteiger charge is 2.19. The molecule has 0 aromatic heterocycles. The van der Waals surface area contributed by atoms with Crippen molar-refractivity contribution >= 4 is 17.5 Å². The number of thioether (sulfide) groups is 1. The third-order valence-electron chi connectivity index (χ3n) is 1.62. The number of aromatic hydroxyl groups is 1. The van der Waals surface area contributed by atoms with Gasteiger partial charge in [0.15, 0.2) is 5.78 Å². The van der Waals surface area contributed by atoms with Crippen LogP contribution in [-0.4, -0.2) is 16.6 Å². The van der Waals surface area contributed by atoms with Gasteiger partial charge in [-0.1, -0.05) is 0 Å². The van der Waals surface area contributed by atoms with E-state index >= 15 is 0 Å². The fourth-order valence-electron chi connectivity index (χ4n) is 1.08. The van der Waals surface area contributed by atoms with Gasteiger partial charge in [-0.15, -0.1) is 11.8 Å². The largest absolute Gasteiger partial charge is 0.508 e. The lowest BCUT2D eigenvalue weighted by atomic mass is 10.1. The second-order valence-electron chi connectivity index (χ2n) is 2.39. The van der Waals surface area contributed by atoms with E-state index in [1.165, 1.54) is 11.8 Å². The summed E-state index contributed by atoms with van der Waals surface area (Å²) < 4.78 is 0. The Morgan fingerprint density at radius 3 is 3.09 bits per heavy atom. The number of ketones is 1. The molecule has 0 bridgehead atoms. The first-order chi connectivity index (χ1) is 5.27. The standard InChI is InChI=1S/C8H6O2S/c9-5-1-2-6-7(10)4-11-8(6)3-5/h1-3,9H,4H2. The molecule has 1 N–H and O–H groups in total. The molecule has 0 saturated heterocycles. The smallest absolute Gasteiger partial charge is 0.174 e. The minimum Gasteiger partial charge on any atom is -0.508 e. The zero-order chi connectivity index (χ0) is 7.84. The SMILES string of the molecule is O=C1CSc2cc(O)ccc21. The number of rotatable bonds is 0. The highest BCUT2D eigenvalue weighted by molar-refractivity contribution is 8.00. The van der Waals surface area contributed by atoms with Crippen molar-refractivity contribution in [2.45, 2.75) is 4.90 Å². The van der Waals surface area contributed by atoms with Crippen LogP contribution >= 0.6 is 11.8 Å². The van der Waals surface area contributed by atoms with E-state index in [2.05, 4.69) is 0 Å². The second-order valence-corrected chi connectivity index (χ2v) is 3.41. The summed E-state index contributed by atoms with van der Waals surface area (Å²) >= 11 is 1.48. The van der Waals surface area contributed by atoms with Gasteiger partial charge in [0.1, 0.15) is 5.75 Å². The normalized spacial score (nSPS) is 15.1. The van der Waals surface area contributed by atoms with Gasteiger partial charge in [0.05, 0.1) is 5.75 Å². The van der Waals surface area contributed by atoms with E-state index < -0.39 is 0 Å². The van der Waals surface area contributed by atoms with Crippen LogP contribution < -0.4 is 0 Å². The molecule has 0 aliphatic carbocycles. The van der Waals surface area contributed by atoms with Crippen molar-refractivity contribution in [3.05, 3.63) is 23.8 Å². The van der Waals surface area contributed by atoms with Gasteiger partial charge in [0.25, 0.3) is 0 Å². The maximum atomic E-state index is 11.1. The summed E-state index contributed by atoms with van der Waals surface area (Å²) in [6.45, 7) is 0. The van der Waals surface area contributed by atoms with E-state index in [0.29, 0.717) is 5.75 Å². The Morgan fingerprint density at radius 1 is 1.45 bits per heavy atom.